The summed E-state index contributed by atoms with van der Waals surface area (Å²) >= 11 is 0. The first-order chi connectivity index (χ1) is 10.4. The second kappa shape index (κ2) is 6.55. The Bertz CT molecular complexity index is 893. The van der Waals surface area contributed by atoms with Gasteiger partial charge in [-0.1, -0.05) is 42.5 Å². The number of hydrogen-bond donors (Lipinski definition) is 2. The Kier molecular flexibility index (Phi) is 4.75. The molecule has 3 rings (SSSR count). The van der Waals surface area contributed by atoms with Crippen molar-refractivity contribution in [3.63, 3.8) is 0 Å². The van der Waals surface area contributed by atoms with Gasteiger partial charge in [-0.05, 0) is 30.0 Å². The van der Waals surface area contributed by atoms with E-state index >= 15 is 0 Å². The summed E-state index contributed by atoms with van der Waals surface area (Å²) in [6, 6.07) is 16.5. The molecule has 4 N–H and O–H groups in total. The number of nitrogen functional groups attached to an aromatic ring is 1. The summed E-state index contributed by atoms with van der Waals surface area (Å²) in [6.07, 6.45) is 1.78. The standard InChI is InChI=1S/C9H8N2.C7H9NO2S/c10-9-5-7-3-1-2-4-8(7)6-11-9;1-6-4-2-3-5-7(6)11(8,9)10/h1-6H,(H2,10,11);2-5H,1H3,(H2,8,9,10). The summed E-state index contributed by atoms with van der Waals surface area (Å²) in [4.78, 5) is 4.18. The van der Waals surface area contributed by atoms with Crippen LogP contribution in [0.2, 0.25) is 0 Å². The Morgan fingerprint density at radius 3 is 2.14 bits per heavy atom. The number of benzene rings is 2. The Balaban J connectivity index is 0.000000160. The van der Waals surface area contributed by atoms with Crippen molar-refractivity contribution in [1.29, 1.82) is 0 Å². The molecule has 0 saturated carbocycles. The van der Waals surface area contributed by atoms with Gasteiger partial charge in [0.25, 0.3) is 0 Å². The fourth-order valence-electron chi connectivity index (χ4n) is 1.98. The van der Waals surface area contributed by atoms with E-state index in [-0.39, 0.29) is 4.90 Å². The molecule has 0 unspecified atom stereocenters. The third kappa shape index (κ3) is 4.03. The summed E-state index contributed by atoms with van der Waals surface area (Å²) in [6.45, 7) is 1.71. The molecule has 2 aromatic carbocycles. The number of primary sulfonamides is 1. The number of nitrogens with zero attached hydrogens (tertiary/aromatic N) is 1. The molecule has 0 aliphatic rings. The normalized spacial score (nSPS) is 10.8. The van der Waals surface area contributed by atoms with Gasteiger partial charge in [-0.3, -0.25) is 0 Å². The molecule has 22 heavy (non-hydrogen) atoms. The van der Waals surface area contributed by atoms with Gasteiger partial charge >= 0.3 is 0 Å². The monoisotopic (exact) mass is 315 g/mol. The molecule has 0 aliphatic heterocycles. The van der Waals surface area contributed by atoms with E-state index in [1.54, 1.807) is 31.3 Å². The van der Waals surface area contributed by atoms with Crippen LogP contribution in [-0.2, 0) is 10.0 Å². The van der Waals surface area contributed by atoms with Crippen LogP contribution in [0.1, 0.15) is 5.56 Å². The summed E-state index contributed by atoms with van der Waals surface area (Å²) in [5, 5.41) is 7.20. The third-order valence-electron chi connectivity index (χ3n) is 3.05. The van der Waals surface area contributed by atoms with E-state index in [0.29, 0.717) is 11.4 Å². The fourth-order valence-corrected chi connectivity index (χ4v) is 2.76. The molecule has 6 heteroatoms. The molecule has 0 atom stereocenters. The molecule has 0 bridgehead atoms. The predicted octanol–water partition coefficient (Wildman–Crippen LogP) is 2.46. The number of hydrogen-bond acceptors (Lipinski definition) is 4. The largest absolute Gasteiger partial charge is 0.384 e. The Morgan fingerprint density at radius 2 is 1.55 bits per heavy atom. The summed E-state index contributed by atoms with van der Waals surface area (Å²) in [5.74, 6) is 0.573. The van der Waals surface area contributed by atoms with Gasteiger partial charge in [0.2, 0.25) is 10.0 Å². The van der Waals surface area contributed by atoms with E-state index in [0.717, 1.165) is 10.8 Å². The third-order valence-corrected chi connectivity index (χ3v) is 4.12. The minimum Gasteiger partial charge on any atom is -0.384 e. The highest BCUT2D eigenvalue weighted by atomic mass is 32.2. The van der Waals surface area contributed by atoms with E-state index in [1.165, 1.54) is 6.07 Å². The van der Waals surface area contributed by atoms with Crippen LogP contribution in [-0.4, -0.2) is 13.4 Å². The van der Waals surface area contributed by atoms with Gasteiger partial charge in [-0.25, -0.2) is 18.5 Å². The average Bonchev–Trinajstić information content (AvgIpc) is 2.47. The SMILES string of the molecule is Cc1ccccc1S(N)(=O)=O.Nc1cc2ccccc2cn1. The highest BCUT2D eigenvalue weighted by Crippen LogP contribution is 2.13. The zero-order valence-corrected chi connectivity index (χ0v) is 12.9. The number of anilines is 1. The van der Waals surface area contributed by atoms with Gasteiger partial charge < -0.3 is 5.73 Å². The van der Waals surface area contributed by atoms with Crippen molar-refractivity contribution in [1.82, 2.24) is 4.98 Å². The van der Waals surface area contributed by atoms with E-state index < -0.39 is 10.0 Å². The summed E-state index contributed by atoms with van der Waals surface area (Å²) < 4.78 is 21.7. The fraction of sp³-hybridized carbons (Fsp3) is 0.0625. The van der Waals surface area contributed by atoms with Crippen molar-refractivity contribution in [2.45, 2.75) is 11.8 Å². The Labute approximate surface area is 129 Å². The smallest absolute Gasteiger partial charge is 0.238 e. The highest BCUT2D eigenvalue weighted by Gasteiger charge is 2.08. The van der Waals surface area contributed by atoms with Crippen LogP contribution in [0, 0.1) is 6.92 Å². The van der Waals surface area contributed by atoms with Crippen LogP contribution in [0.5, 0.6) is 0 Å². The van der Waals surface area contributed by atoms with E-state index in [1.807, 2.05) is 30.3 Å². The minimum absolute atomic E-state index is 0.194. The maximum atomic E-state index is 10.8. The number of sulfonamides is 1. The maximum absolute atomic E-state index is 10.8. The van der Waals surface area contributed by atoms with Crippen LogP contribution in [0.4, 0.5) is 5.82 Å². The van der Waals surface area contributed by atoms with Crippen LogP contribution in [0.3, 0.4) is 0 Å². The van der Waals surface area contributed by atoms with E-state index in [4.69, 9.17) is 10.9 Å². The quantitative estimate of drug-likeness (QED) is 0.720. The molecule has 1 aromatic heterocycles. The zero-order valence-electron chi connectivity index (χ0n) is 12.1. The number of pyridine rings is 1. The Hall–Kier alpha value is -2.44. The number of rotatable bonds is 1. The van der Waals surface area contributed by atoms with Crippen molar-refractivity contribution in [2.75, 3.05) is 5.73 Å². The lowest BCUT2D eigenvalue weighted by atomic mass is 10.2. The molecule has 0 amide bonds. The molecular formula is C16H17N3O2S. The molecule has 0 radical (unpaired) electrons. The molecule has 5 nitrogen and oxygen atoms in total. The lowest BCUT2D eigenvalue weighted by Gasteiger charge is -2.00. The van der Waals surface area contributed by atoms with Gasteiger partial charge in [0.15, 0.2) is 0 Å². The molecule has 0 spiro atoms. The average molecular weight is 315 g/mol. The molecule has 114 valence electrons. The van der Waals surface area contributed by atoms with Crippen LogP contribution in [0.25, 0.3) is 10.8 Å². The first-order valence-corrected chi connectivity index (χ1v) is 8.11. The molecule has 1 heterocycles. The summed E-state index contributed by atoms with van der Waals surface area (Å²) in [7, 11) is -3.53. The summed E-state index contributed by atoms with van der Waals surface area (Å²) in [5.41, 5.74) is 6.19. The number of aromatic nitrogens is 1. The van der Waals surface area contributed by atoms with E-state index in [2.05, 4.69) is 4.98 Å². The van der Waals surface area contributed by atoms with Crippen LogP contribution >= 0.6 is 0 Å². The van der Waals surface area contributed by atoms with Gasteiger partial charge in [0, 0.05) is 11.6 Å². The van der Waals surface area contributed by atoms with Gasteiger partial charge in [0.1, 0.15) is 5.82 Å². The van der Waals surface area contributed by atoms with Gasteiger partial charge in [-0.2, -0.15) is 0 Å². The number of fused-ring (bicyclic) bond motifs is 1. The molecule has 3 aromatic rings. The Morgan fingerprint density at radius 1 is 0.955 bits per heavy atom. The van der Waals surface area contributed by atoms with Crippen molar-refractivity contribution in [3.05, 3.63) is 66.4 Å². The first kappa shape index (κ1) is 15.9. The van der Waals surface area contributed by atoms with Crippen molar-refractivity contribution in [3.8, 4) is 0 Å². The lowest BCUT2D eigenvalue weighted by Crippen LogP contribution is -2.13. The molecule has 0 aliphatic carbocycles. The maximum Gasteiger partial charge on any atom is 0.238 e. The van der Waals surface area contributed by atoms with Gasteiger partial charge in [0.05, 0.1) is 4.90 Å². The molecular weight excluding hydrogens is 298 g/mol. The molecule has 0 saturated heterocycles. The number of nitrogens with two attached hydrogens (primary N) is 2. The van der Waals surface area contributed by atoms with Crippen molar-refractivity contribution in [2.24, 2.45) is 5.14 Å². The minimum atomic E-state index is -3.53. The lowest BCUT2D eigenvalue weighted by molar-refractivity contribution is 0.597. The van der Waals surface area contributed by atoms with E-state index in [9.17, 15) is 8.42 Å². The molecule has 0 fully saturated rings. The second-order valence-electron chi connectivity index (χ2n) is 4.77. The topological polar surface area (TPSA) is 99.1 Å². The van der Waals surface area contributed by atoms with Gasteiger partial charge in [-0.15, -0.1) is 0 Å². The number of aryl methyl sites for hydroxylation is 1. The van der Waals surface area contributed by atoms with Crippen molar-refractivity contribution >= 4 is 26.6 Å². The second-order valence-corrected chi connectivity index (χ2v) is 6.30. The predicted molar refractivity (Wildman–Crippen MR) is 88.7 cm³/mol. The van der Waals surface area contributed by atoms with Crippen LogP contribution < -0.4 is 10.9 Å². The van der Waals surface area contributed by atoms with Crippen molar-refractivity contribution < 1.29 is 8.42 Å². The van der Waals surface area contributed by atoms with Crippen LogP contribution in [0.15, 0.2) is 65.7 Å². The zero-order chi connectivity index (χ0) is 16.2. The highest BCUT2D eigenvalue weighted by molar-refractivity contribution is 7.89. The first-order valence-electron chi connectivity index (χ1n) is 6.56.